The molecule has 2 unspecified atom stereocenters. The second-order valence-electron chi connectivity index (χ2n) is 8.02. The Morgan fingerprint density at radius 3 is 2.53 bits per heavy atom. The van der Waals surface area contributed by atoms with Gasteiger partial charge in [-0.05, 0) is 56.9 Å². The van der Waals surface area contributed by atoms with E-state index in [1.54, 1.807) is 0 Å². The highest BCUT2D eigenvalue weighted by atomic mass is 15.3. The summed E-state index contributed by atoms with van der Waals surface area (Å²) in [5.41, 5.74) is 0.461. The Balaban J connectivity index is 1.60. The number of rotatable bonds is 6. The second-order valence-corrected chi connectivity index (χ2v) is 8.02. The minimum absolute atomic E-state index is 0.461. The van der Waals surface area contributed by atoms with E-state index in [1.165, 1.54) is 58.2 Å². The van der Waals surface area contributed by atoms with Gasteiger partial charge in [0.25, 0.3) is 0 Å². The number of piperazine rings is 1. The van der Waals surface area contributed by atoms with Crippen molar-refractivity contribution in [1.29, 1.82) is 0 Å². The Labute approximate surface area is 119 Å². The van der Waals surface area contributed by atoms with E-state index in [-0.39, 0.29) is 0 Å². The van der Waals surface area contributed by atoms with Crippen LogP contribution in [0.25, 0.3) is 0 Å². The van der Waals surface area contributed by atoms with E-state index in [2.05, 4.69) is 31.0 Å². The highest BCUT2D eigenvalue weighted by Gasteiger charge is 2.48. The van der Waals surface area contributed by atoms with Crippen LogP contribution in [-0.2, 0) is 0 Å². The second kappa shape index (κ2) is 5.37. The zero-order valence-electron chi connectivity index (χ0n) is 13.1. The van der Waals surface area contributed by atoms with Crippen LogP contribution in [0.1, 0.15) is 59.3 Å². The first kappa shape index (κ1) is 13.9. The van der Waals surface area contributed by atoms with Crippen molar-refractivity contribution in [1.82, 2.24) is 10.2 Å². The smallest absolute Gasteiger partial charge is 0.0334 e. The number of hydrogen-bond donors (Lipinski definition) is 1. The van der Waals surface area contributed by atoms with E-state index in [4.69, 9.17) is 0 Å². The molecule has 0 radical (unpaired) electrons. The third-order valence-electron chi connectivity index (χ3n) is 5.63. The minimum Gasteiger partial charge on any atom is -0.311 e. The Hall–Kier alpha value is -0.0800. The van der Waals surface area contributed by atoms with Gasteiger partial charge in [0.15, 0.2) is 0 Å². The molecule has 0 bridgehead atoms. The predicted octanol–water partition coefficient (Wildman–Crippen LogP) is 3.28. The van der Waals surface area contributed by atoms with Gasteiger partial charge in [0, 0.05) is 24.7 Å². The minimum atomic E-state index is 0.461. The van der Waals surface area contributed by atoms with Gasteiger partial charge in [-0.15, -0.1) is 0 Å². The molecule has 3 rings (SSSR count). The van der Waals surface area contributed by atoms with Crippen molar-refractivity contribution < 1.29 is 0 Å². The van der Waals surface area contributed by atoms with Crippen LogP contribution < -0.4 is 5.32 Å². The fraction of sp³-hybridized carbons (Fsp3) is 1.00. The Morgan fingerprint density at radius 1 is 1.21 bits per heavy atom. The molecule has 0 amide bonds. The van der Waals surface area contributed by atoms with Crippen LogP contribution in [0.5, 0.6) is 0 Å². The van der Waals surface area contributed by atoms with Gasteiger partial charge in [-0.25, -0.2) is 0 Å². The maximum absolute atomic E-state index is 3.85. The van der Waals surface area contributed by atoms with Gasteiger partial charge in [-0.2, -0.15) is 0 Å². The van der Waals surface area contributed by atoms with Crippen molar-refractivity contribution in [3.05, 3.63) is 0 Å². The molecule has 0 aromatic heterocycles. The van der Waals surface area contributed by atoms with Crippen molar-refractivity contribution in [3.63, 3.8) is 0 Å². The van der Waals surface area contributed by atoms with Gasteiger partial charge >= 0.3 is 0 Å². The summed E-state index contributed by atoms with van der Waals surface area (Å²) in [5, 5.41) is 3.85. The quantitative estimate of drug-likeness (QED) is 0.792. The largest absolute Gasteiger partial charge is 0.311 e. The molecule has 3 fully saturated rings. The van der Waals surface area contributed by atoms with Gasteiger partial charge in [0.1, 0.15) is 0 Å². The lowest BCUT2D eigenvalue weighted by molar-refractivity contribution is 0.0287. The zero-order chi connectivity index (χ0) is 13.5. The van der Waals surface area contributed by atoms with Gasteiger partial charge in [-0.1, -0.05) is 26.7 Å². The molecule has 110 valence electrons. The van der Waals surface area contributed by atoms with Crippen LogP contribution in [0.15, 0.2) is 0 Å². The third kappa shape index (κ3) is 3.33. The SMILES string of the molecule is CC(C)CC1CN(CCC2CC2)C(C)(C2CC2)CN1. The van der Waals surface area contributed by atoms with Gasteiger partial charge in [0.05, 0.1) is 0 Å². The molecule has 19 heavy (non-hydrogen) atoms. The van der Waals surface area contributed by atoms with Crippen LogP contribution >= 0.6 is 0 Å². The van der Waals surface area contributed by atoms with E-state index in [9.17, 15) is 0 Å². The summed E-state index contributed by atoms with van der Waals surface area (Å²) >= 11 is 0. The van der Waals surface area contributed by atoms with E-state index < -0.39 is 0 Å². The molecule has 0 aromatic rings. The molecular weight excluding hydrogens is 232 g/mol. The molecular formula is C17H32N2. The lowest BCUT2D eigenvalue weighted by atomic mass is 9.87. The predicted molar refractivity (Wildman–Crippen MR) is 81.3 cm³/mol. The average Bonchev–Trinajstić information content (AvgIpc) is 3.22. The van der Waals surface area contributed by atoms with Gasteiger partial charge in [0.2, 0.25) is 0 Å². The normalized spacial score (nSPS) is 36.9. The summed E-state index contributed by atoms with van der Waals surface area (Å²) < 4.78 is 0. The molecule has 0 aromatic carbocycles. The third-order valence-corrected chi connectivity index (χ3v) is 5.63. The maximum Gasteiger partial charge on any atom is 0.0334 e. The van der Waals surface area contributed by atoms with Crippen LogP contribution in [0.4, 0.5) is 0 Å². The molecule has 1 saturated heterocycles. The van der Waals surface area contributed by atoms with Crippen molar-refractivity contribution in [2.24, 2.45) is 17.8 Å². The maximum atomic E-state index is 3.85. The van der Waals surface area contributed by atoms with Gasteiger partial charge < -0.3 is 5.32 Å². The lowest BCUT2D eigenvalue weighted by Gasteiger charge is -2.49. The van der Waals surface area contributed by atoms with E-state index in [1.807, 2.05) is 0 Å². The van der Waals surface area contributed by atoms with Gasteiger partial charge in [-0.3, -0.25) is 4.90 Å². The van der Waals surface area contributed by atoms with Crippen molar-refractivity contribution >= 4 is 0 Å². The fourth-order valence-electron chi connectivity index (χ4n) is 3.93. The summed E-state index contributed by atoms with van der Waals surface area (Å²) in [6.45, 7) is 11.1. The van der Waals surface area contributed by atoms with Crippen LogP contribution in [-0.4, -0.2) is 36.1 Å². The monoisotopic (exact) mass is 264 g/mol. The van der Waals surface area contributed by atoms with E-state index in [0.717, 1.165) is 23.8 Å². The zero-order valence-corrected chi connectivity index (χ0v) is 13.1. The van der Waals surface area contributed by atoms with Crippen LogP contribution in [0.3, 0.4) is 0 Å². The van der Waals surface area contributed by atoms with Crippen molar-refractivity contribution in [2.45, 2.75) is 70.9 Å². The Kier molecular flexibility index (Phi) is 3.92. The molecule has 0 spiro atoms. The first-order valence-corrected chi connectivity index (χ1v) is 8.56. The van der Waals surface area contributed by atoms with Crippen LogP contribution in [0.2, 0.25) is 0 Å². The Morgan fingerprint density at radius 2 is 1.95 bits per heavy atom. The van der Waals surface area contributed by atoms with Crippen molar-refractivity contribution in [2.75, 3.05) is 19.6 Å². The highest BCUT2D eigenvalue weighted by Crippen LogP contribution is 2.45. The molecule has 1 heterocycles. The van der Waals surface area contributed by atoms with Crippen LogP contribution in [0, 0.1) is 17.8 Å². The molecule has 2 saturated carbocycles. The topological polar surface area (TPSA) is 15.3 Å². The Bertz CT molecular complexity index is 306. The molecule has 1 aliphatic heterocycles. The van der Waals surface area contributed by atoms with E-state index in [0.29, 0.717) is 5.54 Å². The summed E-state index contributed by atoms with van der Waals surface area (Å²) in [4.78, 5) is 2.87. The van der Waals surface area contributed by atoms with Crippen molar-refractivity contribution in [3.8, 4) is 0 Å². The molecule has 1 N–H and O–H groups in total. The molecule has 2 aliphatic carbocycles. The highest BCUT2D eigenvalue weighted by molar-refractivity contribution is 5.05. The molecule has 2 nitrogen and oxygen atoms in total. The summed E-state index contributed by atoms with van der Waals surface area (Å²) in [6.07, 6.45) is 8.72. The summed E-state index contributed by atoms with van der Waals surface area (Å²) in [6, 6.07) is 0.728. The first-order chi connectivity index (χ1) is 9.08. The number of nitrogens with zero attached hydrogens (tertiary/aromatic N) is 1. The number of nitrogens with one attached hydrogen (secondary N) is 1. The number of hydrogen-bond acceptors (Lipinski definition) is 2. The first-order valence-electron chi connectivity index (χ1n) is 8.56. The average molecular weight is 264 g/mol. The summed E-state index contributed by atoms with van der Waals surface area (Å²) in [5.74, 6) is 2.86. The van der Waals surface area contributed by atoms with E-state index >= 15 is 0 Å². The molecule has 3 aliphatic rings. The standard InChI is InChI=1S/C17H32N2/c1-13(2)10-16-11-19(9-8-14-4-5-14)17(3,12-18-16)15-6-7-15/h13-16,18H,4-12H2,1-3H3. The molecule has 2 atom stereocenters. The summed E-state index contributed by atoms with van der Waals surface area (Å²) in [7, 11) is 0. The lowest BCUT2D eigenvalue weighted by Crippen LogP contribution is -2.64. The molecule has 2 heteroatoms. The fourth-order valence-corrected chi connectivity index (χ4v) is 3.93.